The topological polar surface area (TPSA) is 72.4 Å². The molecule has 0 aromatic carbocycles. The Morgan fingerprint density at radius 3 is 3.06 bits per heavy atom. The van der Waals surface area contributed by atoms with E-state index in [1.807, 2.05) is 6.92 Å². The minimum atomic E-state index is -0.527. The molecule has 0 amide bonds. The second kappa shape index (κ2) is 4.44. The lowest BCUT2D eigenvalue weighted by atomic mass is 10.2. The van der Waals surface area contributed by atoms with Gasteiger partial charge in [-0.1, -0.05) is 13.3 Å². The molecule has 0 spiro atoms. The summed E-state index contributed by atoms with van der Waals surface area (Å²) in [5, 5.41) is 13.7. The summed E-state index contributed by atoms with van der Waals surface area (Å²) in [4.78, 5) is 15.7. The van der Waals surface area contributed by atoms with Crippen molar-refractivity contribution in [3.8, 4) is 0 Å². The summed E-state index contributed by atoms with van der Waals surface area (Å²) in [6, 6.07) is 0. The number of aromatic nitrogens is 4. The molecular weight excluding hydrogens is 208 g/mol. The lowest BCUT2D eigenvalue weighted by Crippen LogP contribution is -2.27. The van der Waals surface area contributed by atoms with Gasteiger partial charge in [-0.3, -0.25) is 4.98 Å². The van der Waals surface area contributed by atoms with E-state index in [-0.39, 0.29) is 12.2 Å². The first kappa shape index (κ1) is 10.8. The van der Waals surface area contributed by atoms with Crippen LogP contribution in [-0.2, 0) is 6.54 Å². The Labute approximate surface area is 92.2 Å². The van der Waals surface area contributed by atoms with Crippen LogP contribution in [0.25, 0.3) is 5.65 Å². The highest BCUT2D eigenvalue weighted by Crippen LogP contribution is 1.99. The minimum Gasteiger partial charge on any atom is -0.391 e. The van der Waals surface area contributed by atoms with Gasteiger partial charge in [-0.05, 0) is 6.42 Å². The molecule has 0 radical (unpaired) electrons. The van der Waals surface area contributed by atoms with E-state index in [9.17, 15) is 9.90 Å². The Morgan fingerprint density at radius 1 is 1.56 bits per heavy atom. The highest BCUT2D eigenvalue weighted by atomic mass is 16.3. The summed E-state index contributed by atoms with van der Waals surface area (Å²) in [6.45, 7) is 2.22. The summed E-state index contributed by atoms with van der Waals surface area (Å²) < 4.78 is 2.68. The van der Waals surface area contributed by atoms with Crippen molar-refractivity contribution in [2.45, 2.75) is 32.4 Å². The number of nitrogens with zero attached hydrogens (tertiary/aromatic N) is 4. The van der Waals surface area contributed by atoms with Gasteiger partial charge in [0.1, 0.15) is 0 Å². The third kappa shape index (κ3) is 1.96. The van der Waals surface area contributed by atoms with E-state index in [0.717, 1.165) is 6.42 Å². The number of hydrogen-bond donors (Lipinski definition) is 1. The molecule has 86 valence electrons. The van der Waals surface area contributed by atoms with Crippen molar-refractivity contribution >= 4 is 5.65 Å². The largest absolute Gasteiger partial charge is 0.391 e. The smallest absolute Gasteiger partial charge is 0.350 e. The molecular formula is C10H14N4O2. The van der Waals surface area contributed by atoms with E-state index < -0.39 is 6.10 Å². The molecule has 6 nitrogen and oxygen atoms in total. The molecule has 0 fully saturated rings. The second-order valence-corrected chi connectivity index (χ2v) is 3.71. The molecule has 0 aliphatic heterocycles. The summed E-state index contributed by atoms with van der Waals surface area (Å²) in [6.07, 6.45) is 5.63. The number of aliphatic hydroxyl groups excluding tert-OH is 1. The molecule has 1 unspecified atom stereocenters. The first-order valence-corrected chi connectivity index (χ1v) is 5.29. The number of rotatable bonds is 4. The zero-order valence-corrected chi connectivity index (χ0v) is 9.08. The van der Waals surface area contributed by atoms with E-state index in [1.165, 1.54) is 21.5 Å². The fourth-order valence-electron chi connectivity index (χ4n) is 1.62. The van der Waals surface area contributed by atoms with Crippen LogP contribution in [0.3, 0.4) is 0 Å². The average molecular weight is 222 g/mol. The maximum Gasteiger partial charge on any atom is 0.350 e. The first-order valence-electron chi connectivity index (χ1n) is 5.29. The predicted octanol–water partition coefficient (Wildman–Crippen LogP) is 0.0520. The highest BCUT2D eigenvalue weighted by molar-refractivity contribution is 5.31. The SMILES string of the molecule is CCCC(O)Cn1nc2cnccn2c1=O. The standard InChI is InChI=1S/C10H14N4O2/c1-2-3-8(15)7-14-10(16)13-5-4-11-6-9(13)12-14/h4-6,8,15H,2-3,7H2,1H3. The van der Waals surface area contributed by atoms with Crippen LogP contribution in [-0.4, -0.2) is 30.4 Å². The fraction of sp³-hybridized carbons (Fsp3) is 0.500. The van der Waals surface area contributed by atoms with Crippen molar-refractivity contribution in [3.63, 3.8) is 0 Å². The van der Waals surface area contributed by atoms with Gasteiger partial charge in [-0.2, -0.15) is 0 Å². The van der Waals surface area contributed by atoms with Crippen LogP contribution in [0.5, 0.6) is 0 Å². The molecule has 2 aromatic rings. The van der Waals surface area contributed by atoms with Crippen LogP contribution < -0.4 is 5.69 Å². The minimum absolute atomic E-state index is 0.231. The van der Waals surface area contributed by atoms with Crippen molar-refractivity contribution in [3.05, 3.63) is 29.1 Å². The van der Waals surface area contributed by atoms with E-state index in [4.69, 9.17) is 0 Å². The molecule has 6 heteroatoms. The monoisotopic (exact) mass is 222 g/mol. The van der Waals surface area contributed by atoms with E-state index >= 15 is 0 Å². The summed E-state index contributed by atoms with van der Waals surface area (Å²) in [5.74, 6) is 0. The van der Waals surface area contributed by atoms with Crippen molar-refractivity contribution in [1.29, 1.82) is 0 Å². The Bertz CT molecular complexity index is 531. The van der Waals surface area contributed by atoms with Crippen LogP contribution in [0.15, 0.2) is 23.4 Å². The van der Waals surface area contributed by atoms with Gasteiger partial charge in [0.25, 0.3) is 0 Å². The van der Waals surface area contributed by atoms with Gasteiger partial charge in [-0.15, -0.1) is 5.10 Å². The highest BCUT2D eigenvalue weighted by Gasteiger charge is 2.10. The van der Waals surface area contributed by atoms with Crippen molar-refractivity contribution in [2.24, 2.45) is 0 Å². The van der Waals surface area contributed by atoms with Crippen LogP contribution in [0.2, 0.25) is 0 Å². The van der Waals surface area contributed by atoms with Gasteiger partial charge in [0, 0.05) is 12.4 Å². The van der Waals surface area contributed by atoms with Gasteiger partial charge < -0.3 is 5.11 Å². The summed E-state index contributed by atoms with van der Waals surface area (Å²) >= 11 is 0. The Kier molecular flexibility index (Phi) is 3.00. The normalized spacial score (nSPS) is 13.1. The Morgan fingerprint density at radius 2 is 2.38 bits per heavy atom. The quantitative estimate of drug-likeness (QED) is 0.793. The van der Waals surface area contributed by atoms with Crippen molar-refractivity contribution in [1.82, 2.24) is 19.2 Å². The third-order valence-corrected chi connectivity index (χ3v) is 2.39. The zero-order chi connectivity index (χ0) is 11.5. The first-order chi connectivity index (χ1) is 7.72. The Hall–Kier alpha value is -1.69. The van der Waals surface area contributed by atoms with Crippen LogP contribution >= 0.6 is 0 Å². The molecule has 1 N–H and O–H groups in total. The lowest BCUT2D eigenvalue weighted by molar-refractivity contribution is 0.137. The van der Waals surface area contributed by atoms with E-state index in [0.29, 0.717) is 12.1 Å². The van der Waals surface area contributed by atoms with Crippen molar-refractivity contribution in [2.75, 3.05) is 0 Å². The Balaban J connectivity index is 2.31. The molecule has 0 aliphatic rings. The van der Waals surface area contributed by atoms with E-state index in [2.05, 4.69) is 10.1 Å². The molecule has 1 atom stereocenters. The average Bonchev–Trinajstić information content (AvgIpc) is 2.57. The maximum absolute atomic E-state index is 11.8. The van der Waals surface area contributed by atoms with Gasteiger partial charge in [0.2, 0.25) is 0 Å². The maximum atomic E-state index is 11.8. The fourth-order valence-corrected chi connectivity index (χ4v) is 1.62. The molecule has 0 saturated carbocycles. The number of fused-ring (bicyclic) bond motifs is 1. The number of aliphatic hydroxyl groups is 1. The molecule has 2 aromatic heterocycles. The molecule has 2 heterocycles. The predicted molar refractivity (Wildman–Crippen MR) is 58.2 cm³/mol. The van der Waals surface area contributed by atoms with Gasteiger partial charge in [0.05, 0.1) is 18.8 Å². The molecule has 0 aliphatic carbocycles. The van der Waals surface area contributed by atoms with Crippen LogP contribution in [0, 0.1) is 0 Å². The summed E-state index contributed by atoms with van der Waals surface area (Å²) in [7, 11) is 0. The van der Waals surface area contributed by atoms with E-state index in [1.54, 1.807) is 6.20 Å². The third-order valence-electron chi connectivity index (χ3n) is 2.39. The van der Waals surface area contributed by atoms with Crippen LogP contribution in [0.1, 0.15) is 19.8 Å². The molecule has 0 bridgehead atoms. The van der Waals surface area contributed by atoms with Crippen LogP contribution in [0.4, 0.5) is 0 Å². The second-order valence-electron chi connectivity index (χ2n) is 3.71. The molecule has 0 saturated heterocycles. The molecule has 16 heavy (non-hydrogen) atoms. The van der Waals surface area contributed by atoms with Gasteiger partial charge >= 0.3 is 5.69 Å². The van der Waals surface area contributed by atoms with Crippen molar-refractivity contribution < 1.29 is 5.11 Å². The lowest BCUT2D eigenvalue weighted by Gasteiger charge is -2.06. The number of hydrogen-bond acceptors (Lipinski definition) is 4. The summed E-state index contributed by atoms with van der Waals surface area (Å²) in [5.41, 5.74) is 0.253. The molecule has 2 rings (SSSR count). The zero-order valence-electron chi connectivity index (χ0n) is 9.08. The van der Waals surface area contributed by atoms with Gasteiger partial charge in [-0.25, -0.2) is 13.9 Å². The van der Waals surface area contributed by atoms with Gasteiger partial charge in [0.15, 0.2) is 5.65 Å².